The van der Waals surface area contributed by atoms with Gasteiger partial charge in [0.1, 0.15) is 17.4 Å². The van der Waals surface area contributed by atoms with Crippen LogP contribution in [-0.2, 0) is 14.3 Å². The first-order valence-corrected chi connectivity index (χ1v) is 7.05. The van der Waals surface area contributed by atoms with Gasteiger partial charge >= 0.3 is 11.9 Å². The van der Waals surface area contributed by atoms with E-state index >= 15 is 0 Å². The zero-order chi connectivity index (χ0) is 17.2. The van der Waals surface area contributed by atoms with Crippen molar-refractivity contribution in [1.82, 2.24) is 0 Å². The van der Waals surface area contributed by atoms with Crippen LogP contribution in [-0.4, -0.2) is 39.4 Å². The third kappa shape index (κ3) is 3.23. The van der Waals surface area contributed by atoms with Crippen molar-refractivity contribution in [3.8, 4) is 11.5 Å². The number of halogens is 1. The molecular formula is C16H19FO6. The smallest absolute Gasteiger partial charge is 0.341 e. The summed E-state index contributed by atoms with van der Waals surface area (Å²) in [6.07, 6.45) is 0.504. The topological polar surface area (TPSA) is 71.1 Å². The molecule has 0 heterocycles. The molecule has 0 bridgehead atoms. The maximum absolute atomic E-state index is 14.1. The zero-order valence-electron chi connectivity index (χ0n) is 13.5. The molecule has 1 aromatic carbocycles. The first-order chi connectivity index (χ1) is 10.8. The number of hydrogen-bond donors (Lipinski definition) is 0. The SMILES string of the molecule is COC(=O)c1cc(O[C@H]2C[C@@](C)(C(=O)OC)C2)c(F)cc1OC. The second-order valence-electron chi connectivity index (χ2n) is 5.67. The van der Waals surface area contributed by atoms with E-state index in [0.29, 0.717) is 12.8 Å². The molecule has 1 fully saturated rings. The maximum atomic E-state index is 14.1. The molecule has 2 rings (SSSR count). The van der Waals surface area contributed by atoms with E-state index in [1.165, 1.54) is 27.4 Å². The van der Waals surface area contributed by atoms with Gasteiger partial charge in [0.25, 0.3) is 0 Å². The van der Waals surface area contributed by atoms with Gasteiger partial charge in [0.2, 0.25) is 0 Å². The summed E-state index contributed by atoms with van der Waals surface area (Å²) in [6.45, 7) is 1.77. The van der Waals surface area contributed by atoms with Crippen LogP contribution < -0.4 is 9.47 Å². The molecule has 6 nitrogen and oxygen atoms in total. The monoisotopic (exact) mass is 326 g/mol. The zero-order valence-corrected chi connectivity index (χ0v) is 13.5. The van der Waals surface area contributed by atoms with Gasteiger partial charge in [-0.3, -0.25) is 4.79 Å². The third-order valence-corrected chi connectivity index (χ3v) is 3.99. The molecule has 0 amide bonds. The van der Waals surface area contributed by atoms with Crippen molar-refractivity contribution in [2.45, 2.75) is 25.9 Å². The highest BCUT2D eigenvalue weighted by Gasteiger charge is 2.48. The Morgan fingerprint density at radius 3 is 2.30 bits per heavy atom. The van der Waals surface area contributed by atoms with Gasteiger partial charge in [-0.2, -0.15) is 0 Å². The fourth-order valence-electron chi connectivity index (χ4n) is 2.68. The Labute approximate surface area is 133 Å². The molecule has 23 heavy (non-hydrogen) atoms. The molecule has 0 saturated heterocycles. The Morgan fingerprint density at radius 2 is 1.78 bits per heavy atom. The standard InChI is InChI=1S/C16H19FO6/c1-16(15(19)22-4)7-9(8-16)23-13-5-10(14(18)21-3)12(20-2)6-11(13)17/h5-6,9H,7-8H2,1-4H3/t9-,16+. The van der Waals surface area contributed by atoms with Crippen molar-refractivity contribution < 1.29 is 32.9 Å². The molecule has 1 aliphatic rings. The molecule has 1 aliphatic carbocycles. The van der Waals surface area contributed by atoms with Crippen LogP contribution in [0.4, 0.5) is 4.39 Å². The van der Waals surface area contributed by atoms with Crippen molar-refractivity contribution >= 4 is 11.9 Å². The quantitative estimate of drug-likeness (QED) is 0.774. The van der Waals surface area contributed by atoms with Crippen molar-refractivity contribution in [1.29, 1.82) is 0 Å². The Kier molecular flexibility index (Phi) is 4.77. The number of methoxy groups -OCH3 is 3. The molecule has 7 heteroatoms. The summed E-state index contributed by atoms with van der Waals surface area (Å²) in [7, 11) is 3.88. The molecule has 1 saturated carbocycles. The highest BCUT2D eigenvalue weighted by molar-refractivity contribution is 5.93. The van der Waals surface area contributed by atoms with Crippen LogP contribution in [0.3, 0.4) is 0 Å². The summed E-state index contributed by atoms with van der Waals surface area (Å²) in [5, 5.41) is 0. The van der Waals surface area contributed by atoms with E-state index in [4.69, 9.17) is 14.2 Å². The van der Waals surface area contributed by atoms with Crippen molar-refractivity contribution in [2.75, 3.05) is 21.3 Å². The Bertz CT molecular complexity index is 621. The molecule has 0 aliphatic heterocycles. The number of ether oxygens (including phenoxy) is 4. The summed E-state index contributed by atoms with van der Waals surface area (Å²) in [5.41, 5.74) is -0.547. The maximum Gasteiger partial charge on any atom is 0.341 e. The summed E-state index contributed by atoms with van der Waals surface area (Å²) >= 11 is 0. The van der Waals surface area contributed by atoms with Crippen LogP contribution in [0, 0.1) is 11.2 Å². The van der Waals surface area contributed by atoms with Crippen LogP contribution in [0.25, 0.3) is 0 Å². The number of carbonyl (C=O) groups excluding carboxylic acids is 2. The number of rotatable bonds is 5. The van der Waals surface area contributed by atoms with Gasteiger partial charge in [0.15, 0.2) is 11.6 Å². The van der Waals surface area contributed by atoms with E-state index in [-0.39, 0.29) is 29.1 Å². The number of carbonyl (C=O) groups is 2. The van der Waals surface area contributed by atoms with Gasteiger partial charge in [0, 0.05) is 25.0 Å². The minimum Gasteiger partial charge on any atom is -0.496 e. The van der Waals surface area contributed by atoms with Crippen molar-refractivity contribution in [2.24, 2.45) is 5.41 Å². The van der Waals surface area contributed by atoms with Crippen LogP contribution in [0.1, 0.15) is 30.1 Å². The lowest BCUT2D eigenvalue weighted by Crippen LogP contribution is -2.47. The Hall–Kier alpha value is -2.31. The summed E-state index contributed by atoms with van der Waals surface area (Å²) < 4.78 is 34.0. The minimum atomic E-state index is -0.653. The van der Waals surface area contributed by atoms with Gasteiger partial charge in [-0.25, -0.2) is 9.18 Å². The lowest BCUT2D eigenvalue weighted by atomic mass is 9.68. The highest BCUT2D eigenvalue weighted by Crippen LogP contribution is 2.44. The minimum absolute atomic E-state index is 0.0645. The molecule has 0 unspecified atom stereocenters. The van der Waals surface area contributed by atoms with E-state index in [1.807, 2.05) is 0 Å². The molecule has 0 radical (unpaired) electrons. The van der Waals surface area contributed by atoms with Gasteiger partial charge in [0.05, 0.1) is 26.7 Å². The van der Waals surface area contributed by atoms with Crippen molar-refractivity contribution in [3.05, 3.63) is 23.5 Å². The van der Waals surface area contributed by atoms with Gasteiger partial charge < -0.3 is 18.9 Å². The van der Waals surface area contributed by atoms with Crippen LogP contribution in [0.5, 0.6) is 11.5 Å². The molecule has 0 aromatic heterocycles. The van der Waals surface area contributed by atoms with Crippen LogP contribution >= 0.6 is 0 Å². The highest BCUT2D eigenvalue weighted by atomic mass is 19.1. The van der Waals surface area contributed by atoms with Crippen molar-refractivity contribution in [3.63, 3.8) is 0 Å². The van der Waals surface area contributed by atoms with Crippen LogP contribution in [0.2, 0.25) is 0 Å². The molecule has 0 N–H and O–H groups in total. The van der Waals surface area contributed by atoms with Gasteiger partial charge in [-0.1, -0.05) is 0 Å². The van der Waals surface area contributed by atoms with E-state index < -0.39 is 17.2 Å². The molecule has 1 aromatic rings. The second-order valence-corrected chi connectivity index (χ2v) is 5.67. The Balaban J connectivity index is 2.16. The third-order valence-electron chi connectivity index (χ3n) is 3.99. The Morgan fingerprint density at radius 1 is 1.13 bits per heavy atom. The molecule has 0 spiro atoms. The van der Waals surface area contributed by atoms with Crippen LogP contribution in [0.15, 0.2) is 12.1 Å². The predicted molar refractivity (Wildman–Crippen MR) is 78.1 cm³/mol. The average Bonchev–Trinajstić information content (AvgIpc) is 2.52. The van der Waals surface area contributed by atoms with E-state index in [1.54, 1.807) is 6.92 Å². The van der Waals surface area contributed by atoms with E-state index in [0.717, 1.165) is 6.07 Å². The molecular weight excluding hydrogens is 307 g/mol. The van der Waals surface area contributed by atoms with Gasteiger partial charge in [-0.05, 0) is 6.92 Å². The number of esters is 2. The van der Waals surface area contributed by atoms with E-state index in [9.17, 15) is 14.0 Å². The average molecular weight is 326 g/mol. The normalized spacial score (nSPS) is 22.7. The van der Waals surface area contributed by atoms with E-state index in [2.05, 4.69) is 4.74 Å². The number of hydrogen-bond acceptors (Lipinski definition) is 6. The first kappa shape index (κ1) is 17.1. The summed E-state index contributed by atoms with van der Waals surface area (Å²) in [5.74, 6) is -1.64. The molecule has 126 valence electrons. The molecule has 0 atom stereocenters. The summed E-state index contributed by atoms with van der Waals surface area (Å²) in [4.78, 5) is 23.3. The first-order valence-electron chi connectivity index (χ1n) is 7.05. The fourth-order valence-corrected chi connectivity index (χ4v) is 2.68. The number of benzene rings is 1. The summed E-state index contributed by atoms with van der Waals surface area (Å²) in [6, 6.07) is 2.31. The second kappa shape index (κ2) is 6.44. The fraction of sp³-hybridized carbons (Fsp3) is 0.500. The predicted octanol–water partition coefficient (Wildman–Crippen LogP) is 2.34. The lowest BCUT2D eigenvalue weighted by Gasteiger charge is -2.42. The largest absolute Gasteiger partial charge is 0.496 e. The van der Waals surface area contributed by atoms with Gasteiger partial charge in [-0.15, -0.1) is 0 Å². The lowest BCUT2D eigenvalue weighted by molar-refractivity contribution is -0.163.